The van der Waals surface area contributed by atoms with Gasteiger partial charge in [-0.1, -0.05) is 48.8 Å². The van der Waals surface area contributed by atoms with E-state index in [1.165, 1.54) is 5.56 Å². The molecule has 0 fully saturated rings. The van der Waals surface area contributed by atoms with Crippen LogP contribution in [0.2, 0.25) is 0 Å². The number of amides is 2. The predicted octanol–water partition coefficient (Wildman–Crippen LogP) is 4.05. The van der Waals surface area contributed by atoms with Gasteiger partial charge in [0.2, 0.25) is 0 Å². The summed E-state index contributed by atoms with van der Waals surface area (Å²) in [7, 11) is 0. The van der Waals surface area contributed by atoms with Crippen molar-refractivity contribution in [2.24, 2.45) is 0 Å². The normalized spacial score (nSPS) is 12.1. The Hall–Kier alpha value is -2.54. The van der Waals surface area contributed by atoms with E-state index in [-0.39, 0.29) is 12.0 Å². The van der Waals surface area contributed by atoms with Crippen molar-refractivity contribution in [3.05, 3.63) is 58.1 Å². The van der Waals surface area contributed by atoms with Crippen LogP contribution >= 0.6 is 15.9 Å². The lowest BCUT2D eigenvalue weighted by atomic mass is 9.87. The Morgan fingerprint density at radius 1 is 1.07 bits per heavy atom. The highest BCUT2D eigenvalue weighted by atomic mass is 79.9. The van der Waals surface area contributed by atoms with Crippen LogP contribution < -0.4 is 20.3 Å². The third-order valence-electron chi connectivity index (χ3n) is 4.22. The number of hydrazine groups is 1. The Bertz CT molecular complexity index is 860. The molecule has 2 aromatic rings. The number of halogens is 1. The first-order valence-corrected chi connectivity index (χ1v) is 10.1. The van der Waals surface area contributed by atoms with Crippen molar-refractivity contribution < 1.29 is 19.1 Å². The highest BCUT2D eigenvalue weighted by Crippen LogP contribution is 2.24. The SMILES string of the molecule is Cc1cc(Br)ccc1OCC(=O)NNC(=O)C(C)Oc1ccc(C(C)(C)C)cc1. The molecule has 156 valence electrons. The van der Waals surface area contributed by atoms with Gasteiger partial charge >= 0.3 is 0 Å². The van der Waals surface area contributed by atoms with E-state index >= 15 is 0 Å². The van der Waals surface area contributed by atoms with E-state index < -0.39 is 17.9 Å². The third-order valence-corrected chi connectivity index (χ3v) is 4.72. The highest BCUT2D eigenvalue weighted by Gasteiger charge is 2.17. The summed E-state index contributed by atoms with van der Waals surface area (Å²) >= 11 is 3.37. The summed E-state index contributed by atoms with van der Waals surface area (Å²) in [6, 6.07) is 13.1. The second kappa shape index (κ2) is 9.78. The number of rotatable bonds is 6. The summed E-state index contributed by atoms with van der Waals surface area (Å²) in [5.74, 6) is 0.256. The van der Waals surface area contributed by atoms with E-state index in [0.717, 1.165) is 10.0 Å². The fraction of sp³-hybridized carbons (Fsp3) is 0.364. The standard InChI is InChI=1S/C22H27BrN2O4/c1-14-12-17(23)8-11-19(14)28-13-20(26)24-25-21(27)15(2)29-18-9-6-16(7-10-18)22(3,4)5/h6-12,15H,13H2,1-5H3,(H,24,26)(H,25,27). The number of nitrogens with one attached hydrogen (secondary N) is 2. The van der Waals surface area contributed by atoms with Crippen molar-refractivity contribution >= 4 is 27.7 Å². The van der Waals surface area contributed by atoms with Gasteiger partial charge in [-0.2, -0.15) is 0 Å². The summed E-state index contributed by atoms with van der Waals surface area (Å²) in [5.41, 5.74) is 6.79. The first-order chi connectivity index (χ1) is 13.6. The number of hydrogen-bond donors (Lipinski definition) is 2. The molecule has 2 amide bonds. The molecule has 0 heterocycles. The molecular weight excluding hydrogens is 436 g/mol. The summed E-state index contributed by atoms with van der Waals surface area (Å²) in [4.78, 5) is 24.1. The lowest BCUT2D eigenvalue weighted by Crippen LogP contribution is -2.48. The van der Waals surface area contributed by atoms with Gasteiger partial charge in [-0.05, 0) is 60.7 Å². The molecule has 0 aliphatic rings. The van der Waals surface area contributed by atoms with Gasteiger partial charge in [0, 0.05) is 4.47 Å². The minimum absolute atomic E-state index is 0.0443. The van der Waals surface area contributed by atoms with Crippen molar-refractivity contribution in [3.63, 3.8) is 0 Å². The molecule has 0 spiro atoms. The van der Waals surface area contributed by atoms with E-state index in [1.807, 2.05) is 43.3 Å². The summed E-state index contributed by atoms with van der Waals surface area (Å²) in [6.45, 7) is 9.66. The highest BCUT2D eigenvalue weighted by molar-refractivity contribution is 9.10. The molecule has 7 heteroatoms. The molecule has 2 rings (SSSR count). The van der Waals surface area contributed by atoms with Gasteiger partial charge in [-0.15, -0.1) is 0 Å². The van der Waals surface area contributed by atoms with Crippen LogP contribution in [-0.4, -0.2) is 24.5 Å². The first-order valence-electron chi connectivity index (χ1n) is 9.31. The summed E-state index contributed by atoms with van der Waals surface area (Å²) in [6.07, 6.45) is -0.773. The van der Waals surface area contributed by atoms with Gasteiger partial charge in [0.15, 0.2) is 12.7 Å². The molecule has 0 aliphatic carbocycles. The zero-order chi connectivity index (χ0) is 21.6. The molecule has 0 aliphatic heterocycles. The Kier molecular flexibility index (Phi) is 7.67. The lowest BCUT2D eigenvalue weighted by Gasteiger charge is -2.20. The smallest absolute Gasteiger partial charge is 0.279 e. The molecule has 1 unspecified atom stereocenters. The molecule has 1 atom stereocenters. The number of ether oxygens (including phenoxy) is 2. The average molecular weight is 463 g/mol. The maximum absolute atomic E-state index is 12.1. The van der Waals surface area contributed by atoms with Crippen molar-refractivity contribution in [1.82, 2.24) is 10.9 Å². The molecule has 0 radical (unpaired) electrons. The Labute approximate surface area is 180 Å². The van der Waals surface area contributed by atoms with Gasteiger partial charge in [-0.3, -0.25) is 20.4 Å². The largest absolute Gasteiger partial charge is 0.483 e. The van der Waals surface area contributed by atoms with Gasteiger partial charge in [0.1, 0.15) is 11.5 Å². The van der Waals surface area contributed by atoms with Crippen LogP contribution in [0.1, 0.15) is 38.8 Å². The summed E-state index contributed by atoms with van der Waals surface area (Å²) in [5, 5.41) is 0. The van der Waals surface area contributed by atoms with Crippen LogP contribution in [0.15, 0.2) is 46.9 Å². The molecule has 0 saturated heterocycles. The van der Waals surface area contributed by atoms with E-state index in [2.05, 4.69) is 47.6 Å². The maximum Gasteiger partial charge on any atom is 0.279 e. The van der Waals surface area contributed by atoms with E-state index in [1.54, 1.807) is 13.0 Å². The van der Waals surface area contributed by atoms with Crippen LogP contribution in [0.5, 0.6) is 11.5 Å². The van der Waals surface area contributed by atoms with Crippen LogP contribution in [0, 0.1) is 6.92 Å². The molecular formula is C22H27BrN2O4. The number of aryl methyl sites for hydroxylation is 1. The fourth-order valence-corrected chi connectivity index (χ4v) is 2.95. The first kappa shape index (κ1) is 22.7. The molecule has 0 saturated carbocycles. The van der Waals surface area contributed by atoms with Crippen molar-refractivity contribution in [3.8, 4) is 11.5 Å². The lowest BCUT2D eigenvalue weighted by molar-refractivity contribution is -0.133. The number of hydrogen-bond acceptors (Lipinski definition) is 4. The van der Waals surface area contributed by atoms with Crippen LogP contribution in [0.3, 0.4) is 0 Å². The van der Waals surface area contributed by atoms with Crippen molar-refractivity contribution in [2.45, 2.75) is 46.1 Å². The molecule has 0 bridgehead atoms. The average Bonchev–Trinajstić information content (AvgIpc) is 2.65. The van der Waals surface area contributed by atoms with Crippen LogP contribution in [-0.2, 0) is 15.0 Å². The quantitative estimate of drug-likeness (QED) is 0.634. The Morgan fingerprint density at radius 2 is 1.72 bits per heavy atom. The minimum atomic E-state index is -0.773. The van der Waals surface area contributed by atoms with Crippen LogP contribution in [0.4, 0.5) is 0 Å². The van der Waals surface area contributed by atoms with E-state index in [4.69, 9.17) is 9.47 Å². The van der Waals surface area contributed by atoms with Gasteiger partial charge in [-0.25, -0.2) is 0 Å². The topological polar surface area (TPSA) is 76.7 Å². The second-order valence-corrected chi connectivity index (χ2v) is 8.69. The van der Waals surface area contributed by atoms with Gasteiger partial charge < -0.3 is 9.47 Å². The fourth-order valence-electron chi connectivity index (χ4n) is 2.48. The number of carbonyl (C=O) groups is 2. The zero-order valence-electron chi connectivity index (χ0n) is 17.3. The number of carbonyl (C=O) groups excluding carboxylic acids is 2. The van der Waals surface area contributed by atoms with E-state index in [9.17, 15) is 9.59 Å². The Morgan fingerprint density at radius 3 is 2.31 bits per heavy atom. The van der Waals surface area contributed by atoms with Crippen molar-refractivity contribution in [2.75, 3.05) is 6.61 Å². The zero-order valence-corrected chi connectivity index (χ0v) is 18.9. The van der Waals surface area contributed by atoms with E-state index in [0.29, 0.717) is 11.5 Å². The van der Waals surface area contributed by atoms with Gasteiger partial charge in [0.05, 0.1) is 0 Å². The molecule has 0 aromatic heterocycles. The third kappa shape index (κ3) is 7.09. The minimum Gasteiger partial charge on any atom is -0.483 e. The molecule has 2 N–H and O–H groups in total. The van der Waals surface area contributed by atoms with Crippen molar-refractivity contribution in [1.29, 1.82) is 0 Å². The summed E-state index contributed by atoms with van der Waals surface area (Å²) < 4.78 is 12.0. The molecule has 6 nitrogen and oxygen atoms in total. The molecule has 2 aromatic carbocycles. The monoisotopic (exact) mass is 462 g/mol. The second-order valence-electron chi connectivity index (χ2n) is 7.77. The predicted molar refractivity (Wildman–Crippen MR) is 116 cm³/mol. The maximum atomic E-state index is 12.1. The Balaban J connectivity index is 1.78. The van der Waals surface area contributed by atoms with Crippen LogP contribution in [0.25, 0.3) is 0 Å². The number of benzene rings is 2. The molecule has 29 heavy (non-hydrogen) atoms. The van der Waals surface area contributed by atoms with Gasteiger partial charge in [0.25, 0.3) is 11.8 Å².